The fraction of sp³-hybridized carbons (Fsp3) is 0.375. The second-order valence-electron chi connectivity index (χ2n) is 5.44. The Labute approximate surface area is 134 Å². The van der Waals surface area contributed by atoms with Gasteiger partial charge in [-0.3, -0.25) is 0 Å². The first kappa shape index (κ1) is 14.5. The van der Waals surface area contributed by atoms with Gasteiger partial charge in [0.2, 0.25) is 0 Å². The molecule has 0 radical (unpaired) electrons. The van der Waals surface area contributed by atoms with E-state index < -0.39 is 0 Å². The molecule has 0 fully saturated rings. The summed E-state index contributed by atoms with van der Waals surface area (Å²) >= 11 is 6.95. The zero-order valence-corrected chi connectivity index (χ0v) is 13.7. The summed E-state index contributed by atoms with van der Waals surface area (Å²) in [6, 6.07) is 4.27. The normalized spacial score (nSPS) is 13.8. The Hall–Kier alpha value is -1.46. The first-order valence-electron chi connectivity index (χ1n) is 7.24. The summed E-state index contributed by atoms with van der Waals surface area (Å²) in [5.74, 6) is 0.830. The van der Waals surface area contributed by atoms with Crippen molar-refractivity contribution in [2.24, 2.45) is 5.73 Å². The van der Waals surface area contributed by atoms with Gasteiger partial charge in [-0.05, 0) is 61.2 Å². The van der Waals surface area contributed by atoms with Gasteiger partial charge in [0.15, 0.2) is 0 Å². The summed E-state index contributed by atoms with van der Waals surface area (Å²) in [4.78, 5) is 6.53. The Balaban J connectivity index is 1.89. The maximum absolute atomic E-state index is 5.88. The molecule has 0 saturated carbocycles. The van der Waals surface area contributed by atoms with Crippen LogP contribution in [0.15, 0.2) is 17.5 Å². The molecule has 2 aromatic heterocycles. The highest BCUT2D eigenvalue weighted by molar-refractivity contribution is 7.80. The molecule has 2 aromatic rings. The molecule has 3 rings (SSSR count). The van der Waals surface area contributed by atoms with Gasteiger partial charge in [-0.2, -0.15) is 0 Å². The second kappa shape index (κ2) is 6.12. The third-order valence-corrected chi connectivity index (χ3v) is 5.19. The summed E-state index contributed by atoms with van der Waals surface area (Å²) in [5.41, 5.74) is 10.6. The minimum atomic E-state index is 0.418. The molecule has 21 heavy (non-hydrogen) atoms. The molecule has 0 spiro atoms. The van der Waals surface area contributed by atoms with Crippen LogP contribution in [-0.4, -0.2) is 9.97 Å². The topological polar surface area (TPSA) is 50.9 Å². The van der Waals surface area contributed by atoms with Crippen molar-refractivity contribution in [1.29, 1.82) is 0 Å². The van der Waals surface area contributed by atoms with Crippen LogP contribution < -0.4 is 11.1 Å². The molecule has 0 aromatic carbocycles. The molecule has 0 aliphatic heterocycles. The zero-order valence-electron chi connectivity index (χ0n) is 12.1. The molecule has 0 unspecified atom stereocenters. The number of nitrogens with one attached hydrogen (secondary N) is 1. The molecule has 2 heterocycles. The van der Waals surface area contributed by atoms with E-state index in [9.17, 15) is 0 Å². The van der Waals surface area contributed by atoms with Crippen molar-refractivity contribution in [3.8, 4) is 0 Å². The van der Waals surface area contributed by atoms with E-state index in [0.29, 0.717) is 4.99 Å². The smallest absolute Gasteiger partial charge is 0.136 e. The Morgan fingerprint density at radius 1 is 1.43 bits per heavy atom. The number of nitrogens with zero attached hydrogens (tertiary/aromatic N) is 1. The molecule has 1 aliphatic rings. The first-order valence-corrected chi connectivity index (χ1v) is 8.53. The number of nitrogens with two attached hydrogens (primary N) is 1. The van der Waals surface area contributed by atoms with Gasteiger partial charge in [-0.25, -0.2) is 4.98 Å². The first-order chi connectivity index (χ1) is 10.1. The van der Waals surface area contributed by atoms with E-state index >= 15 is 0 Å². The number of aromatic nitrogens is 1. The van der Waals surface area contributed by atoms with Gasteiger partial charge < -0.3 is 11.1 Å². The summed E-state index contributed by atoms with van der Waals surface area (Å²) in [6.45, 7) is 2.90. The lowest BCUT2D eigenvalue weighted by atomic mass is 9.94. The van der Waals surface area contributed by atoms with Crippen molar-refractivity contribution in [3.63, 3.8) is 0 Å². The molecule has 1 aliphatic carbocycles. The van der Waals surface area contributed by atoms with E-state index in [0.717, 1.165) is 30.8 Å². The summed E-state index contributed by atoms with van der Waals surface area (Å²) in [5, 5.41) is 5.53. The fourth-order valence-corrected chi connectivity index (χ4v) is 3.71. The van der Waals surface area contributed by atoms with Crippen molar-refractivity contribution < 1.29 is 0 Å². The number of rotatable bonds is 4. The van der Waals surface area contributed by atoms with Gasteiger partial charge in [0, 0.05) is 10.6 Å². The van der Waals surface area contributed by atoms with E-state index in [-0.39, 0.29) is 0 Å². The van der Waals surface area contributed by atoms with E-state index in [1.165, 1.54) is 34.5 Å². The van der Waals surface area contributed by atoms with E-state index in [4.69, 9.17) is 22.9 Å². The van der Waals surface area contributed by atoms with Crippen LogP contribution in [0.3, 0.4) is 0 Å². The van der Waals surface area contributed by atoms with Gasteiger partial charge in [0.05, 0.1) is 12.1 Å². The minimum Gasteiger partial charge on any atom is -0.389 e. The van der Waals surface area contributed by atoms with Crippen LogP contribution in [0.25, 0.3) is 0 Å². The van der Waals surface area contributed by atoms with E-state index in [1.807, 2.05) is 0 Å². The number of anilines is 1. The van der Waals surface area contributed by atoms with Crippen LogP contribution in [0.2, 0.25) is 0 Å². The Morgan fingerprint density at radius 3 is 2.95 bits per heavy atom. The highest BCUT2D eigenvalue weighted by Gasteiger charge is 2.16. The fourth-order valence-electron chi connectivity index (χ4n) is 2.71. The summed E-state index contributed by atoms with van der Waals surface area (Å²) in [7, 11) is 0. The van der Waals surface area contributed by atoms with Crippen molar-refractivity contribution in [2.75, 3.05) is 5.32 Å². The van der Waals surface area contributed by atoms with Gasteiger partial charge in [-0.1, -0.05) is 12.2 Å². The number of hydrogen-bond acceptors (Lipinski definition) is 4. The number of hydrogen-bond donors (Lipinski definition) is 2. The molecule has 0 bridgehead atoms. The molecule has 3 N–H and O–H groups in total. The second-order valence-corrected chi connectivity index (χ2v) is 6.88. The lowest BCUT2D eigenvalue weighted by molar-refractivity contribution is 0.668. The Kier molecular flexibility index (Phi) is 4.22. The predicted molar refractivity (Wildman–Crippen MR) is 93.1 cm³/mol. The molecule has 110 valence electrons. The monoisotopic (exact) mass is 317 g/mol. The molecular formula is C16H19N3S2. The number of fused-ring (bicyclic) bond motifs is 1. The van der Waals surface area contributed by atoms with Crippen LogP contribution in [0.1, 0.15) is 40.1 Å². The van der Waals surface area contributed by atoms with Crippen LogP contribution in [0, 0.1) is 6.92 Å². The van der Waals surface area contributed by atoms with Crippen molar-refractivity contribution in [1.82, 2.24) is 4.98 Å². The van der Waals surface area contributed by atoms with Crippen LogP contribution in [-0.2, 0) is 19.4 Å². The average Bonchev–Trinajstić information content (AvgIpc) is 2.89. The highest BCUT2D eigenvalue weighted by atomic mass is 32.1. The number of aryl methyl sites for hydroxylation is 3. The maximum Gasteiger partial charge on any atom is 0.136 e. The number of pyridine rings is 1. The SMILES string of the molecule is Cc1ccsc1CNc1nc2c(cc1C(N)=S)CCCC2. The van der Waals surface area contributed by atoms with Gasteiger partial charge in [-0.15, -0.1) is 11.3 Å². The Morgan fingerprint density at radius 2 is 2.24 bits per heavy atom. The predicted octanol–water partition coefficient (Wildman–Crippen LogP) is 3.58. The molecule has 5 heteroatoms. The maximum atomic E-state index is 5.88. The Bertz CT molecular complexity index is 676. The lowest BCUT2D eigenvalue weighted by Crippen LogP contribution is -2.18. The number of thiocarbonyl (C=S) groups is 1. The summed E-state index contributed by atoms with van der Waals surface area (Å²) < 4.78 is 0. The van der Waals surface area contributed by atoms with E-state index in [1.54, 1.807) is 11.3 Å². The molecular weight excluding hydrogens is 298 g/mol. The van der Waals surface area contributed by atoms with Gasteiger partial charge in [0.25, 0.3) is 0 Å². The third-order valence-electron chi connectivity index (χ3n) is 3.95. The quantitative estimate of drug-likeness (QED) is 0.846. The third kappa shape index (κ3) is 3.09. The van der Waals surface area contributed by atoms with Crippen LogP contribution >= 0.6 is 23.6 Å². The number of thiophene rings is 1. The minimum absolute atomic E-state index is 0.418. The zero-order chi connectivity index (χ0) is 14.8. The largest absolute Gasteiger partial charge is 0.389 e. The lowest BCUT2D eigenvalue weighted by Gasteiger charge is -2.19. The van der Waals surface area contributed by atoms with Crippen molar-refractivity contribution in [3.05, 3.63) is 44.8 Å². The highest BCUT2D eigenvalue weighted by Crippen LogP contribution is 2.26. The molecule has 0 atom stereocenters. The summed E-state index contributed by atoms with van der Waals surface area (Å²) in [6.07, 6.45) is 4.59. The molecule has 0 saturated heterocycles. The van der Waals surface area contributed by atoms with Crippen LogP contribution in [0.5, 0.6) is 0 Å². The van der Waals surface area contributed by atoms with E-state index in [2.05, 4.69) is 29.8 Å². The van der Waals surface area contributed by atoms with Gasteiger partial charge in [0.1, 0.15) is 10.8 Å². The molecule has 3 nitrogen and oxygen atoms in total. The van der Waals surface area contributed by atoms with Gasteiger partial charge >= 0.3 is 0 Å². The standard InChI is InChI=1S/C16H19N3S2/c1-10-6-7-21-14(10)9-18-16-12(15(17)20)8-11-4-2-3-5-13(11)19-16/h6-8H,2-5,9H2,1H3,(H2,17,20)(H,18,19). The molecule has 0 amide bonds. The average molecular weight is 317 g/mol. The van der Waals surface area contributed by atoms with Crippen molar-refractivity contribution >= 4 is 34.4 Å². The van der Waals surface area contributed by atoms with Crippen molar-refractivity contribution in [2.45, 2.75) is 39.2 Å². The van der Waals surface area contributed by atoms with Crippen LogP contribution in [0.4, 0.5) is 5.82 Å².